The Bertz CT molecular complexity index is 272. The second kappa shape index (κ2) is 5.62. The summed E-state index contributed by atoms with van der Waals surface area (Å²) in [5.41, 5.74) is 0.861. The van der Waals surface area contributed by atoms with E-state index in [0.29, 0.717) is 12.3 Å². The molecular formula is C11H17NO2. The van der Waals surface area contributed by atoms with Gasteiger partial charge >= 0.3 is 0 Å². The van der Waals surface area contributed by atoms with Crippen molar-refractivity contribution in [3.8, 4) is 5.75 Å². The highest BCUT2D eigenvalue weighted by Gasteiger charge is 2.04. The van der Waals surface area contributed by atoms with E-state index in [1.807, 2.05) is 19.1 Å². The molecule has 0 fully saturated rings. The van der Waals surface area contributed by atoms with Crippen molar-refractivity contribution in [1.29, 1.82) is 0 Å². The lowest BCUT2D eigenvalue weighted by Crippen LogP contribution is -2.31. The molecule has 3 heteroatoms. The third-order valence-electron chi connectivity index (χ3n) is 2.29. The molecule has 78 valence electrons. The Morgan fingerprint density at radius 1 is 1.36 bits per heavy atom. The monoisotopic (exact) mass is 195 g/mol. The molecule has 3 nitrogen and oxygen atoms in total. The van der Waals surface area contributed by atoms with Gasteiger partial charge < -0.3 is 15.5 Å². The van der Waals surface area contributed by atoms with Crippen LogP contribution in [0.1, 0.15) is 18.9 Å². The topological polar surface area (TPSA) is 52.5 Å². The number of benzene rings is 1. The number of phenolic OH excluding ortho intramolecular Hbond substituents is 1. The van der Waals surface area contributed by atoms with E-state index >= 15 is 0 Å². The van der Waals surface area contributed by atoms with Crippen LogP contribution in [0.15, 0.2) is 24.3 Å². The number of rotatable bonds is 5. The maximum absolute atomic E-state index is 9.47. The zero-order chi connectivity index (χ0) is 10.4. The van der Waals surface area contributed by atoms with Gasteiger partial charge in [0.2, 0.25) is 0 Å². The summed E-state index contributed by atoms with van der Waals surface area (Å²) in [5.74, 6) is 0.299. The summed E-state index contributed by atoms with van der Waals surface area (Å²) >= 11 is 0. The standard InChI is InChI=1S/C11H17NO2/c1-2-10(8-13)12-7-9-5-3-4-6-11(9)14/h3-6,10,12-14H,2,7-8H2,1H3/t10-/m1/s1. The van der Waals surface area contributed by atoms with Crippen molar-refractivity contribution in [2.45, 2.75) is 25.9 Å². The van der Waals surface area contributed by atoms with Crippen molar-refractivity contribution in [3.63, 3.8) is 0 Å². The van der Waals surface area contributed by atoms with Gasteiger partial charge in [-0.1, -0.05) is 25.1 Å². The van der Waals surface area contributed by atoms with Gasteiger partial charge in [-0.3, -0.25) is 0 Å². The van der Waals surface area contributed by atoms with E-state index in [1.54, 1.807) is 12.1 Å². The number of hydrogen-bond acceptors (Lipinski definition) is 3. The van der Waals surface area contributed by atoms with E-state index in [1.165, 1.54) is 0 Å². The SMILES string of the molecule is CC[C@H](CO)NCc1ccccc1O. The molecule has 0 aliphatic carbocycles. The van der Waals surface area contributed by atoms with Crippen LogP contribution in [0.5, 0.6) is 5.75 Å². The van der Waals surface area contributed by atoms with Crippen molar-refractivity contribution >= 4 is 0 Å². The van der Waals surface area contributed by atoms with E-state index in [-0.39, 0.29) is 12.6 Å². The second-order valence-corrected chi connectivity index (χ2v) is 3.30. The van der Waals surface area contributed by atoms with Crippen molar-refractivity contribution in [3.05, 3.63) is 29.8 Å². The van der Waals surface area contributed by atoms with Crippen LogP contribution in [-0.4, -0.2) is 22.9 Å². The first-order valence-electron chi connectivity index (χ1n) is 4.89. The third kappa shape index (κ3) is 3.01. The van der Waals surface area contributed by atoms with Crippen molar-refractivity contribution in [2.24, 2.45) is 0 Å². The fraction of sp³-hybridized carbons (Fsp3) is 0.455. The Kier molecular flexibility index (Phi) is 4.43. The number of aliphatic hydroxyl groups is 1. The third-order valence-corrected chi connectivity index (χ3v) is 2.29. The molecule has 0 radical (unpaired) electrons. The van der Waals surface area contributed by atoms with Gasteiger partial charge in [-0.2, -0.15) is 0 Å². The number of phenols is 1. The van der Waals surface area contributed by atoms with E-state index in [4.69, 9.17) is 5.11 Å². The predicted octanol–water partition coefficient (Wildman–Crippen LogP) is 1.25. The van der Waals surface area contributed by atoms with Gasteiger partial charge in [0.05, 0.1) is 6.61 Å². The average Bonchev–Trinajstić information content (AvgIpc) is 2.22. The zero-order valence-electron chi connectivity index (χ0n) is 8.40. The summed E-state index contributed by atoms with van der Waals surface area (Å²) in [4.78, 5) is 0. The van der Waals surface area contributed by atoms with Gasteiger partial charge in [0.1, 0.15) is 5.75 Å². The van der Waals surface area contributed by atoms with Crippen molar-refractivity contribution in [1.82, 2.24) is 5.32 Å². The Morgan fingerprint density at radius 3 is 2.64 bits per heavy atom. The molecule has 1 rings (SSSR count). The minimum atomic E-state index is 0.106. The first kappa shape index (κ1) is 11.0. The maximum atomic E-state index is 9.47. The van der Waals surface area contributed by atoms with E-state index < -0.39 is 0 Å². The number of para-hydroxylation sites is 1. The van der Waals surface area contributed by atoms with Crippen molar-refractivity contribution in [2.75, 3.05) is 6.61 Å². The minimum absolute atomic E-state index is 0.106. The molecule has 3 N–H and O–H groups in total. The summed E-state index contributed by atoms with van der Waals surface area (Å²) in [6.07, 6.45) is 0.879. The first-order valence-corrected chi connectivity index (χ1v) is 4.89. The van der Waals surface area contributed by atoms with Gasteiger partial charge in [0.15, 0.2) is 0 Å². The van der Waals surface area contributed by atoms with Crippen molar-refractivity contribution < 1.29 is 10.2 Å². The second-order valence-electron chi connectivity index (χ2n) is 3.30. The molecule has 0 amide bonds. The summed E-state index contributed by atoms with van der Waals surface area (Å²) in [5, 5.41) is 21.6. The van der Waals surface area contributed by atoms with Crippen LogP contribution in [0.4, 0.5) is 0 Å². The fourth-order valence-electron chi connectivity index (χ4n) is 1.25. The van der Waals surface area contributed by atoms with Crippen LogP contribution in [0.3, 0.4) is 0 Å². The largest absolute Gasteiger partial charge is 0.508 e. The first-order chi connectivity index (χ1) is 6.77. The highest BCUT2D eigenvalue weighted by atomic mass is 16.3. The lowest BCUT2D eigenvalue weighted by atomic mass is 10.1. The van der Waals surface area contributed by atoms with Crippen LogP contribution < -0.4 is 5.32 Å². The molecule has 1 aromatic rings. The molecule has 14 heavy (non-hydrogen) atoms. The molecule has 0 heterocycles. The predicted molar refractivity (Wildman–Crippen MR) is 56.1 cm³/mol. The zero-order valence-corrected chi connectivity index (χ0v) is 8.40. The number of aliphatic hydroxyl groups excluding tert-OH is 1. The average molecular weight is 195 g/mol. The van der Waals surface area contributed by atoms with Crippen LogP contribution in [0.25, 0.3) is 0 Å². The van der Waals surface area contributed by atoms with Gasteiger partial charge in [-0.05, 0) is 12.5 Å². The van der Waals surface area contributed by atoms with Crippen LogP contribution in [0, 0.1) is 0 Å². The number of nitrogens with one attached hydrogen (secondary N) is 1. The summed E-state index contributed by atoms with van der Waals surface area (Å²) in [6.45, 7) is 2.73. The molecule has 1 aromatic carbocycles. The molecule has 0 unspecified atom stereocenters. The Balaban J connectivity index is 2.49. The van der Waals surface area contributed by atoms with Gasteiger partial charge in [-0.15, -0.1) is 0 Å². The van der Waals surface area contributed by atoms with Gasteiger partial charge in [0.25, 0.3) is 0 Å². The molecule has 1 atom stereocenters. The molecule has 0 aromatic heterocycles. The Labute approximate surface area is 84.4 Å². The lowest BCUT2D eigenvalue weighted by molar-refractivity contribution is 0.238. The lowest BCUT2D eigenvalue weighted by Gasteiger charge is -2.14. The van der Waals surface area contributed by atoms with Gasteiger partial charge in [0, 0.05) is 18.2 Å². The smallest absolute Gasteiger partial charge is 0.120 e. The number of hydrogen-bond donors (Lipinski definition) is 3. The molecule has 0 aliphatic rings. The molecule has 0 aliphatic heterocycles. The minimum Gasteiger partial charge on any atom is -0.508 e. The Hall–Kier alpha value is -1.06. The fourth-order valence-corrected chi connectivity index (χ4v) is 1.25. The van der Waals surface area contributed by atoms with Crippen LogP contribution in [0.2, 0.25) is 0 Å². The number of aromatic hydroxyl groups is 1. The molecule has 0 saturated carbocycles. The summed E-state index contributed by atoms with van der Waals surface area (Å²) in [7, 11) is 0. The van der Waals surface area contributed by atoms with E-state index in [0.717, 1.165) is 12.0 Å². The Morgan fingerprint density at radius 2 is 2.07 bits per heavy atom. The highest BCUT2D eigenvalue weighted by molar-refractivity contribution is 5.31. The molecular weight excluding hydrogens is 178 g/mol. The normalized spacial score (nSPS) is 12.7. The molecule has 0 bridgehead atoms. The van der Waals surface area contributed by atoms with E-state index in [9.17, 15) is 5.11 Å². The molecule has 0 spiro atoms. The van der Waals surface area contributed by atoms with Gasteiger partial charge in [-0.25, -0.2) is 0 Å². The summed E-state index contributed by atoms with van der Waals surface area (Å²) < 4.78 is 0. The van der Waals surface area contributed by atoms with Crippen LogP contribution in [-0.2, 0) is 6.54 Å². The highest BCUT2D eigenvalue weighted by Crippen LogP contribution is 2.15. The summed E-state index contributed by atoms with van der Waals surface area (Å²) in [6, 6.07) is 7.32. The van der Waals surface area contributed by atoms with E-state index in [2.05, 4.69) is 5.32 Å². The molecule has 0 saturated heterocycles. The maximum Gasteiger partial charge on any atom is 0.120 e. The van der Waals surface area contributed by atoms with Crippen LogP contribution >= 0.6 is 0 Å². The quantitative estimate of drug-likeness (QED) is 0.663.